The summed E-state index contributed by atoms with van der Waals surface area (Å²) in [4.78, 5) is 28.6. The van der Waals surface area contributed by atoms with E-state index in [1.165, 1.54) is 0 Å². The maximum atomic E-state index is 12.3. The topological polar surface area (TPSA) is 61.9 Å². The molecule has 0 radical (unpaired) electrons. The summed E-state index contributed by atoms with van der Waals surface area (Å²) in [5.41, 5.74) is 0.779. The van der Waals surface area contributed by atoms with Crippen molar-refractivity contribution >= 4 is 17.5 Å². The van der Waals surface area contributed by atoms with Crippen molar-refractivity contribution < 1.29 is 14.3 Å². The van der Waals surface area contributed by atoms with Crippen LogP contribution in [0.4, 0.5) is 5.69 Å². The van der Waals surface area contributed by atoms with Gasteiger partial charge in [0.2, 0.25) is 11.8 Å². The fourth-order valence-corrected chi connectivity index (χ4v) is 3.11. The number of benzene rings is 1. The molecule has 1 atom stereocenters. The average Bonchev–Trinajstić information content (AvgIpc) is 3.03. The predicted octanol–water partition coefficient (Wildman–Crippen LogP) is 1.90. The number of rotatable bonds is 9. The average molecular weight is 347 g/mol. The predicted molar refractivity (Wildman–Crippen MR) is 98.9 cm³/mol. The van der Waals surface area contributed by atoms with Crippen molar-refractivity contribution in [1.29, 1.82) is 0 Å². The molecule has 1 aliphatic heterocycles. The number of amides is 2. The summed E-state index contributed by atoms with van der Waals surface area (Å²) in [5.74, 6) is 0.372. The first kappa shape index (κ1) is 19.2. The first-order chi connectivity index (χ1) is 12.1. The number of methoxy groups -OCH3 is 1. The van der Waals surface area contributed by atoms with Gasteiger partial charge >= 0.3 is 0 Å². The SMILES string of the molecule is CCN(CC)CCCNC(=O)[C@H]1CC(=O)N(c2cccc(OC)c2)C1. The van der Waals surface area contributed by atoms with Crippen molar-refractivity contribution in [1.82, 2.24) is 10.2 Å². The smallest absolute Gasteiger partial charge is 0.227 e. The number of ether oxygens (including phenoxy) is 1. The minimum absolute atomic E-state index is 0.0171. The number of nitrogens with zero attached hydrogens (tertiary/aromatic N) is 2. The lowest BCUT2D eigenvalue weighted by atomic mass is 10.1. The van der Waals surface area contributed by atoms with E-state index in [-0.39, 0.29) is 24.2 Å². The number of nitrogens with one attached hydrogen (secondary N) is 1. The van der Waals surface area contributed by atoms with E-state index in [4.69, 9.17) is 4.74 Å². The second-order valence-corrected chi connectivity index (χ2v) is 6.28. The molecule has 25 heavy (non-hydrogen) atoms. The van der Waals surface area contributed by atoms with Gasteiger partial charge in [0.05, 0.1) is 13.0 Å². The molecule has 1 aromatic rings. The fourth-order valence-electron chi connectivity index (χ4n) is 3.11. The van der Waals surface area contributed by atoms with E-state index in [1.54, 1.807) is 12.0 Å². The molecule has 1 aromatic carbocycles. The van der Waals surface area contributed by atoms with Gasteiger partial charge in [-0.25, -0.2) is 0 Å². The zero-order chi connectivity index (χ0) is 18.2. The van der Waals surface area contributed by atoms with Crippen molar-refractivity contribution in [2.75, 3.05) is 44.7 Å². The van der Waals surface area contributed by atoms with Crippen LogP contribution < -0.4 is 15.0 Å². The lowest BCUT2D eigenvalue weighted by molar-refractivity contribution is -0.126. The van der Waals surface area contributed by atoms with Gasteiger partial charge in [-0.2, -0.15) is 0 Å². The number of hydrogen-bond donors (Lipinski definition) is 1. The summed E-state index contributed by atoms with van der Waals surface area (Å²) in [7, 11) is 1.60. The molecular formula is C19H29N3O3. The Morgan fingerprint density at radius 3 is 2.80 bits per heavy atom. The third kappa shape index (κ3) is 5.19. The summed E-state index contributed by atoms with van der Waals surface area (Å²) in [6.45, 7) is 8.38. The number of carbonyl (C=O) groups excluding carboxylic acids is 2. The molecular weight excluding hydrogens is 318 g/mol. The van der Waals surface area contributed by atoms with Crippen LogP contribution in [0.15, 0.2) is 24.3 Å². The van der Waals surface area contributed by atoms with E-state index in [9.17, 15) is 9.59 Å². The molecule has 1 aliphatic rings. The first-order valence-electron chi connectivity index (χ1n) is 9.03. The van der Waals surface area contributed by atoms with Gasteiger partial charge in [-0.15, -0.1) is 0 Å². The van der Waals surface area contributed by atoms with Gasteiger partial charge in [0.15, 0.2) is 0 Å². The highest BCUT2D eigenvalue weighted by atomic mass is 16.5. The molecule has 0 aromatic heterocycles. The first-order valence-corrected chi connectivity index (χ1v) is 9.03. The molecule has 0 saturated carbocycles. The van der Waals surface area contributed by atoms with Crippen LogP contribution in [0.2, 0.25) is 0 Å². The molecule has 1 N–H and O–H groups in total. The maximum Gasteiger partial charge on any atom is 0.227 e. The van der Waals surface area contributed by atoms with E-state index in [2.05, 4.69) is 24.1 Å². The second kappa shape index (κ2) is 9.42. The molecule has 0 unspecified atom stereocenters. The summed E-state index contributed by atoms with van der Waals surface area (Å²) in [6.07, 6.45) is 1.19. The lowest BCUT2D eigenvalue weighted by Gasteiger charge is -2.19. The molecule has 138 valence electrons. The summed E-state index contributed by atoms with van der Waals surface area (Å²) < 4.78 is 5.21. The zero-order valence-electron chi connectivity index (χ0n) is 15.5. The van der Waals surface area contributed by atoms with Gasteiger partial charge in [-0.05, 0) is 38.2 Å². The van der Waals surface area contributed by atoms with Crippen molar-refractivity contribution in [3.05, 3.63) is 24.3 Å². The van der Waals surface area contributed by atoms with Crippen LogP contribution in [0.1, 0.15) is 26.7 Å². The van der Waals surface area contributed by atoms with E-state index in [0.717, 1.165) is 31.7 Å². The lowest BCUT2D eigenvalue weighted by Crippen LogP contribution is -2.35. The van der Waals surface area contributed by atoms with Gasteiger partial charge in [0.25, 0.3) is 0 Å². The van der Waals surface area contributed by atoms with Gasteiger partial charge in [-0.3, -0.25) is 9.59 Å². The van der Waals surface area contributed by atoms with E-state index in [0.29, 0.717) is 18.8 Å². The van der Waals surface area contributed by atoms with Gasteiger partial charge in [0.1, 0.15) is 5.75 Å². The van der Waals surface area contributed by atoms with Gasteiger partial charge < -0.3 is 19.9 Å². The number of anilines is 1. The van der Waals surface area contributed by atoms with E-state index < -0.39 is 0 Å². The van der Waals surface area contributed by atoms with Crippen LogP contribution >= 0.6 is 0 Å². The third-order valence-corrected chi connectivity index (χ3v) is 4.71. The Morgan fingerprint density at radius 2 is 2.12 bits per heavy atom. The van der Waals surface area contributed by atoms with Crippen LogP contribution in [0.3, 0.4) is 0 Å². The highest BCUT2D eigenvalue weighted by Gasteiger charge is 2.35. The molecule has 0 bridgehead atoms. The molecule has 0 spiro atoms. The Bertz CT molecular complexity index is 587. The summed E-state index contributed by atoms with van der Waals surface area (Å²) >= 11 is 0. The molecule has 6 heteroatoms. The maximum absolute atomic E-state index is 12.3. The largest absolute Gasteiger partial charge is 0.497 e. The zero-order valence-corrected chi connectivity index (χ0v) is 15.5. The van der Waals surface area contributed by atoms with E-state index in [1.807, 2.05) is 24.3 Å². The minimum atomic E-state index is -0.285. The van der Waals surface area contributed by atoms with Crippen molar-refractivity contribution in [2.24, 2.45) is 5.92 Å². The van der Waals surface area contributed by atoms with Crippen molar-refractivity contribution in [3.63, 3.8) is 0 Å². The fraction of sp³-hybridized carbons (Fsp3) is 0.579. The van der Waals surface area contributed by atoms with Crippen LogP contribution in [0, 0.1) is 5.92 Å². The number of carbonyl (C=O) groups is 2. The van der Waals surface area contributed by atoms with Crippen molar-refractivity contribution in [2.45, 2.75) is 26.7 Å². The Balaban J connectivity index is 1.83. The Hall–Kier alpha value is -2.08. The minimum Gasteiger partial charge on any atom is -0.497 e. The number of hydrogen-bond acceptors (Lipinski definition) is 4. The monoisotopic (exact) mass is 347 g/mol. The van der Waals surface area contributed by atoms with Crippen LogP contribution in [-0.2, 0) is 9.59 Å². The third-order valence-electron chi connectivity index (χ3n) is 4.71. The van der Waals surface area contributed by atoms with Crippen LogP contribution in [0.25, 0.3) is 0 Å². The molecule has 1 saturated heterocycles. The Labute approximate surface area is 150 Å². The normalized spacial score (nSPS) is 17.2. The molecule has 2 amide bonds. The van der Waals surface area contributed by atoms with Crippen LogP contribution in [-0.4, -0.2) is 56.5 Å². The van der Waals surface area contributed by atoms with Crippen molar-refractivity contribution in [3.8, 4) is 5.75 Å². The highest BCUT2D eigenvalue weighted by molar-refractivity contribution is 6.00. The molecule has 1 fully saturated rings. The Kier molecular flexibility index (Phi) is 7.25. The summed E-state index contributed by atoms with van der Waals surface area (Å²) in [5, 5.41) is 2.97. The molecule has 1 heterocycles. The van der Waals surface area contributed by atoms with E-state index >= 15 is 0 Å². The van der Waals surface area contributed by atoms with Gasteiger partial charge in [0, 0.05) is 31.3 Å². The summed E-state index contributed by atoms with van der Waals surface area (Å²) in [6, 6.07) is 7.37. The highest BCUT2D eigenvalue weighted by Crippen LogP contribution is 2.27. The Morgan fingerprint density at radius 1 is 1.36 bits per heavy atom. The van der Waals surface area contributed by atoms with Gasteiger partial charge in [-0.1, -0.05) is 19.9 Å². The second-order valence-electron chi connectivity index (χ2n) is 6.28. The standard InChI is InChI=1S/C19H29N3O3/c1-4-21(5-2)11-7-10-20-19(24)15-12-18(23)22(14-15)16-8-6-9-17(13-16)25-3/h6,8-9,13,15H,4-5,7,10-12,14H2,1-3H3,(H,20,24)/t15-/m0/s1. The van der Waals surface area contributed by atoms with Crippen LogP contribution in [0.5, 0.6) is 5.75 Å². The quantitative estimate of drug-likeness (QED) is 0.693. The molecule has 0 aliphatic carbocycles. The molecule has 6 nitrogen and oxygen atoms in total. The molecule has 2 rings (SSSR count).